The van der Waals surface area contributed by atoms with Crippen LogP contribution in [0.3, 0.4) is 0 Å². The highest BCUT2D eigenvalue weighted by Crippen LogP contribution is 2.32. The van der Waals surface area contributed by atoms with E-state index in [9.17, 15) is 0 Å². The van der Waals surface area contributed by atoms with Gasteiger partial charge in [-0.3, -0.25) is 5.43 Å². The lowest BCUT2D eigenvalue weighted by atomic mass is 10.1. The van der Waals surface area contributed by atoms with Crippen LogP contribution in [0.4, 0.5) is 0 Å². The zero-order valence-corrected chi connectivity index (χ0v) is 12.2. The van der Waals surface area contributed by atoms with Crippen LogP contribution < -0.4 is 14.9 Å². The quantitative estimate of drug-likeness (QED) is 0.896. The second-order valence-corrected chi connectivity index (χ2v) is 5.80. The number of piperidine rings is 1. The third-order valence-electron chi connectivity index (χ3n) is 4.06. The second-order valence-electron chi connectivity index (χ2n) is 5.80. The number of benzene rings is 1. The summed E-state index contributed by atoms with van der Waals surface area (Å²) in [7, 11) is 0. The molecule has 0 aromatic heterocycles. The third kappa shape index (κ3) is 3.44. The molecule has 1 atom stereocenters. The summed E-state index contributed by atoms with van der Waals surface area (Å²) in [4.78, 5) is 0. The Morgan fingerprint density at radius 1 is 1.15 bits per heavy atom. The van der Waals surface area contributed by atoms with Gasteiger partial charge < -0.3 is 9.47 Å². The predicted molar refractivity (Wildman–Crippen MR) is 78.9 cm³/mol. The van der Waals surface area contributed by atoms with Gasteiger partial charge >= 0.3 is 0 Å². The van der Waals surface area contributed by atoms with Crippen molar-refractivity contribution in [2.45, 2.75) is 45.1 Å². The molecule has 1 unspecified atom stereocenters. The molecule has 0 amide bonds. The van der Waals surface area contributed by atoms with Crippen LogP contribution in [0, 0.1) is 0 Å². The normalized spacial score (nSPS) is 20.1. The Kier molecular flexibility index (Phi) is 4.43. The molecule has 2 aliphatic rings. The summed E-state index contributed by atoms with van der Waals surface area (Å²) in [6, 6.07) is 6.77. The van der Waals surface area contributed by atoms with E-state index >= 15 is 0 Å². The molecule has 0 spiro atoms. The van der Waals surface area contributed by atoms with Gasteiger partial charge in [-0.15, -0.1) is 0 Å². The molecular weight excluding hydrogens is 252 g/mol. The average molecular weight is 276 g/mol. The molecule has 4 heteroatoms. The Labute approximate surface area is 121 Å². The fourth-order valence-corrected chi connectivity index (χ4v) is 2.88. The lowest BCUT2D eigenvalue weighted by molar-refractivity contribution is 0.130. The summed E-state index contributed by atoms with van der Waals surface area (Å²) in [6.07, 6.45) is 6.22. The summed E-state index contributed by atoms with van der Waals surface area (Å²) in [5.41, 5.74) is 4.94. The lowest BCUT2D eigenvalue weighted by Gasteiger charge is -2.30. The van der Waals surface area contributed by atoms with E-state index in [0.717, 1.165) is 24.3 Å². The van der Waals surface area contributed by atoms with Crippen LogP contribution in [0.15, 0.2) is 18.2 Å². The van der Waals surface area contributed by atoms with Crippen LogP contribution in [-0.2, 0) is 6.42 Å². The van der Waals surface area contributed by atoms with E-state index in [-0.39, 0.29) is 0 Å². The number of nitrogens with zero attached hydrogens (tertiary/aromatic N) is 1. The van der Waals surface area contributed by atoms with Gasteiger partial charge in [-0.05, 0) is 50.3 Å². The SMILES string of the molecule is CC(CCc1ccc2c(c1)OCO2)NN1CCCCC1. The molecule has 1 fully saturated rings. The largest absolute Gasteiger partial charge is 0.454 e. The maximum Gasteiger partial charge on any atom is 0.231 e. The minimum Gasteiger partial charge on any atom is -0.454 e. The van der Waals surface area contributed by atoms with Gasteiger partial charge in [0.2, 0.25) is 6.79 Å². The number of hydrogen-bond donors (Lipinski definition) is 1. The van der Waals surface area contributed by atoms with Crippen molar-refractivity contribution >= 4 is 0 Å². The maximum atomic E-state index is 5.42. The molecule has 2 aliphatic heterocycles. The molecule has 0 bridgehead atoms. The molecule has 1 aromatic rings. The monoisotopic (exact) mass is 276 g/mol. The molecule has 0 aliphatic carbocycles. The molecule has 1 saturated heterocycles. The lowest BCUT2D eigenvalue weighted by Crippen LogP contribution is -2.46. The third-order valence-corrected chi connectivity index (χ3v) is 4.06. The standard InChI is InChI=1S/C16H24N2O2/c1-13(17-18-9-3-2-4-10-18)5-6-14-7-8-15-16(11-14)20-12-19-15/h7-8,11,13,17H,2-6,9-10,12H2,1H3. The number of fused-ring (bicyclic) bond motifs is 1. The van der Waals surface area contributed by atoms with Crippen LogP contribution in [0.2, 0.25) is 0 Å². The molecule has 110 valence electrons. The van der Waals surface area contributed by atoms with E-state index in [1.165, 1.54) is 37.9 Å². The predicted octanol–water partition coefficient (Wildman–Crippen LogP) is 2.73. The minimum absolute atomic E-state index is 0.353. The van der Waals surface area contributed by atoms with Gasteiger partial charge in [0.1, 0.15) is 0 Å². The number of aryl methyl sites for hydroxylation is 1. The van der Waals surface area contributed by atoms with Crippen molar-refractivity contribution in [3.05, 3.63) is 23.8 Å². The molecule has 1 N–H and O–H groups in total. The van der Waals surface area contributed by atoms with Crippen LogP contribution in [0.25, 0.3) is 0 Å². The molecule has 0 radical (unpaired) electrons. The van der Waals surface area contributed by atoms with E-state index < -0.39 is 0 Å². The van der Waals surface area contributed by atoms with Crippen molar-refractivity contribution < 1.29 is 9.47 Å². The van der Waals surface area contributed by atoms with Crippen LogP contribution in [0.5, 0.6) is 11.5 Å². The topological polar surface area (TPSA) is 33.7 Å². The summed E-state index contributed by atoms with van der Waals surface area (Å²) in [5.74, 6) is 1.76. The van der Waals surface area contributed by atoms with Crippen molar-refractivity contribution in [1.82, 2.24) is 10.4 Å². The van der Waals surface area contributed by atoms with Gasteiger partial charge in [0.15, 0.2) is 11.5 Å². The van der Waals surface area contributed by atoms with Crippen LogP contribution in [0.1, 0.15) is 38.2 Å². The molecule has 0 saturated carbocycles. The zero-order valence-electron chi connectivity index (χ0n) is 12.2. The van der Waals surface area contributed by atoms with Crippen molar-refractivity contribution in [1.29, 1.82) is 0 Å². The first-order valence-electron chi connectivity index (χ1n) is 7.71. The van der Waals surface area contributed by atoms with Crippen molar-refractivity contribution in [3.63, 3.8) is 0 Å². The second kappa shape index (κ2) is 6.46. The smallest absolute Gasteiger partial charge is 0.231 e. The van der Waals surface area contributed by atoms with Gasteiger partial charge in [-0.25, -0.2) is 5.01 Å². The number of nitrogens with one attached hydrogen (secondary N) is 1. The number of rotatable bonds is 5. The highest BCUT2D eigenvalue weighted by Gasteiger charge is 2.15. The van der Waals surface area contributed by atoms with E-state index in [0.29, 0.717) is 12.8 Å². The Morgan fingerprint density at radius 3 is 2.80 bits per heavy atom. The highest BCUT2D eigenvalue weighted by atomic mass is 16.7. The molecular formula is C16H24N2O2. The van der Waals surface area contributed by atoms with Gasteiger partial charge in [0, 0.05) is 19.1 Å². The fourth-order valence-electron chi connectivity index (χ4n) is 2.88. The summed E-state index contributed by atoms with van der Waals surface area (Å²) >= 11 is 0. The molecule has 3 rings (SSSR count). The molecule has 2 heterocycles. The van der Waals surface area contributed by atoms with E-state index in [2.05, 4.69) is 29.5 Å². The van der Waals surface area contributed by atoms with Crippen LogP contribution >= 0.6 is 0 Å². The number of ether oxygens (including phenoxy) is 2. The Balaban J connectivity index is 1.46. The van der Waals surface area contributed by atoms with Crippen molar-refractivity contribution in [2.24, 2.45) is 0 Å². The number of hydrogen-bond acceptors (Lipinski definition) is 4. The van der Waals surface area contributed by atoms with Crippen molar-refractivity contribution in [2.75, 3.05) is 19.9 Å². The van der Waals surface area contributed by atoms with Gasteiger partial charge in [0.25, 0.3) is 0 Å². The average Bonchev–Trinajstić information content (AvgIpc) is 2.93. The summed E-state index contributed by atoms with van der Waals surface area (Å²) < 4.78 is 10.8. The summed E-state index contributed by atoms with van der Waals surface area (Å²) in [6.45, 7) is 5.00. The summed E-state index contributed by atoms with van der Waals surface area (Å²) in [5, 5.41) is 2.38. The van der Waals surface area contributed by atoms with E-state index in [4.69, 9.17) is 9.47 Å². The number of hydrazine groups is 1. The Bertz CT molecular complexity index is 444. The van der Waals surface area contributed by atoms with E-state index in [1.807, 2.05) is 6.07 Å². The van der Waals surface area contributed by atoms with Gasteiger partial charge in [0.05, 0.1) is 0 Å². The zero-order chi connectivity index (χ0) is 13.8. The Hall–Kier alpha value is -1.26. The molecule has 20 heavy (non-hydrogen) atoms. The highest BCUT2D eigenvalue weighted by molar-refractivity contribution is 5.44. The van der Waals surface area contributed by atoms with E-state index in [1.54, 1.807) is 0 Å². The van der Waals surface area contributed by atoms with Crippen LogP contribution in [-0.4, -0.2) is 30.9 Å². The Morgan fingerprint density at radius 2 is 1.95 bits per heavy atom. The first-order chi connectivity index (χ1) is 9.81. The first kappa shape index (κ1) is 13.7. The van der Waals surface area contributed by atoms with Gasteiger partial charge in [-0.2, -0.15) is 0 Å². The van der Waals surface area contributed by atoms with Gasteiger partial charge in [-0.1, -0.05) is 12.5 Å². The fraction of sp³-hybridized carbons (Fsp3) is 0.625. The maximum absolute atomic E-state index is 5.42. The minimum atomic E-state index is 0.353. The molecule has 1 aromatic carbocycles. The van der Waals surface area contributed by atoms with Crippen molar-refractivity contribution in [3.8, 4) is 11.5 Å². The first-order valence-corrected chi connectivity index (χ1v) is 7.71. The molecule has 4 nitrogen and oxygen atoms in total.